The molecule has 2 aromatic heterocycles. The molecule has 0 saturated heterocycles. The Bertz CT molecular complexity index is 696. The van der Waals surface area contributed by atoms with Crippen LogP contribution in [0.3, 0.4) is 0 Å². The van der Waals surface area contributed by atoms with Crippen LogP contribution in [0.15, 0.2) is 28.0 Å². The molecule has 2 rings (SSSR count). The van der Waals surface area contributed by atoms with Crippen LogP contribution in [0, 0.1) is 0 Å². The van der Waals surface area contributed by atoms with E-state index >= 15 is 0 Å². The maximum atomic E-state index is 12.2. The van der Waals surface area contributed by atoms with Crippen LogP contribution in [-0.4, -0.2) is 35.5 Å². The highest BCUT2D eigenvalue weighted by Crippen LogP contribution is 2.19. The quantitative estimate of drug-likeness (QED) is 0.830. The van der Waals surface area contributed by atoms with Crippen molar-refractivity contribution in [1.82, 2.24) is 24.7 Å². The third-order valence-corrected chi connectivity index (χ3v) is 4.78. The molecule has 0 amide bonds. The lowest BCUT2D eigenvalue weighted by Gasteiger charge is -2.09. The molecular formula is C10H12BrN5O3S. The van der Waals surface area contributed by atoms with Gasteiger partial charge in [0.2, 0.25) is 10.9 Å². The van der Waals surface area contributed by atoms with E-state index < -0.39 is 10.0 Å². The summed E-state index contributed by atoms with van der Waals surface area (Å²) in [5.74, 6) is 0.373. The Kier molecular flexibility index (Phi) is 4.35. The van der Waals surface area contributed by atoms with Gasteiger partial charge in [-0.3, -0.25) is 0 Å². The van der Waals surface area contributed by atoms with Crippen molar-refractivity contribution in [2.24, 2.45) is 7.05 Å². The average molecular weight is 362 g/mol. The van der Waals surface area contributed by atoms with Crippen molar-refractivity contribution >= 4 is 26.0 Å². The molecule has 20 heavy (non-hydrogen) atoms. The van der Waals surface area contributed by atoms with Crippen molar-refractivity contribution in [3.05, 3.63) is 28.5 Å². The molecule has 2 aromatic rings. The van der Waals surface area contributed by atoms with Crippen LogP contribution >= 0.6 is 15.9 Å². The van der Waals surface area contributed by atoms with E-state index in [0.29, 0.717) is 11.4 Å². The maximum Gasteiger partial charge on any atom is 0.260 e. The molecule has 8 nitrogen and oxygen atoms in total. The Morgan fingerprint density at radius 3 is 2.85 bits per heavy atom. The van der Waals surface area contributed by atoms with Crippen molar-refractivity contribution in [3.63, 3.8) is 0 Å². The minimum Gasteiger partial charge on any atom is -0.481 e. The molecule has 108 valence electrons. The lowest BCUT2D eigenvalue weighted by Crippen LogP contribution is -2.26. The largest absolute Gasteiger partial charge is 0.481 e. The Hall–Kier alpha value is -1.52. The van der Waals surface area contributed by atoms with Crippen molar-refractivity contribution in [1.29, 1.82) is 0 Å². The number of hydrogen-bond donors (Lipinski definition) is 1. The molecule has 0 aromatic carbocycles. The molecule has 0 saturated carbocycles. The summed E-state index contributed by atoms with van der Waals surface area (Å²) in [6.45, 7) is 0.0525. The first-order valence-corrected chi connectivity index (χ1v) is 7.76. The molecular weight excluding hydrogens is 350 g/mol. The summed E-state index contributed by atoms with van der Waals surface area (Å²) in [5, 5.41) is 7.24. The number of rotatable bonds is 5. The van der Waals surface area contributed by atoms with Gasteiger partial charge in [0, 0.05) is 25.4 Å². The maximum absolute atomic E-state index is 12.2. The van der Waals surface area contributed by atoms with Gasteiger partial charge in [-0.05, 0) is 22.0 Å². The molecule has 0 unspecified atom stereocenters. The summed E-state index contributed by atoms with van der Waals surface area (Å²) >= 11 is 3.06. The topological polar surface area (TPSA) is 99.0 Å². The Morgan fingerprint density at radius 2 is 2.25 bits per heavy atom. The van der Waals surface area contributed by atoms with E-state index in [1.807, 2.05) is 0 Å². The lowest BCUT2D eigenvalue weighted by molar-refractivity contribution is 0.392. The summed E-state index contributed by atoms with van der Waals surface area (Å²) in [5.41, 5.74) is 0.629. The van der Waals surface area contributed by atoms with Gasteiger partial charge >= 0.3 is 0 Å². The number of nitrogens with one attached hydrogen (secondary N) is 1. The third-order valence-electron chi connectivity index (χ3n) is 2.49. The van der Waals surface area contributed by atoms with E-state index in [-0.39, 0.29) is 16.2 Å². The highest BCUT2D eigenvalue weighted by atomic mass is 79.9. The van der Waals surface area contributed by atoms with E-state index in [0.717, 1.165) is 0 Å². The predicted molar refractivity (Wildman–Crippen MR) is 73.5 cm³/mol. The fourth-order valence-electron chi connectivity index (χ4n) is 1.59. The van der Waals surface area contributed by atoms with E-state index in [1.54, 1.807) is 18.3 Å². The SMILES string of the molecule is COc1ncccc1CNS(=O)(=O)c1c(Br)nnn1C. The fourth-order valence-corrected chi connectivity index (χ4v) is 3.69. The van der Waals surface area contributed by atoms with E-state index in [1.165, 1.54) is 18.8 Å². The first-order chi connectivity index (χ1) is 9.45. The zero-order chi connectivity index (χ0) is 14.8. The standard InChI is InChI=1S/C10H12BrN5O3S/c1-16-10(8(11)14-15-16)20(17,18)13-6-7-4-3-5-12-9(7)19-2/h3-5,13H,6H2,1-2H3. The molecule has 10 heteroatoms. The summed E-state index contributed by atoms with van der Waals surface area (Å²) in [4.78, 5) is 4.00. The second-order valence-corrected chi connectivity index (χ2v) is 6.24. The Labute approximate surface area is 124 Å². The van der Waals surface area contributed by atoms with Crippen LogP contribution in [0.5, 0.6) is 5.88 Å². The molecule has 0 bridgehead atoms. The van der Waals surface area contributed by atoms with Crippen LogP contribution in [0.2, 0.25) is 0 Å². The molecule has 0 spiro atoms. The van der Waals surface area contributed by atoms with Gasteiger partial charge in [0.25, 0.3) is 10.0 Å². The molecule has 0 aliphatic carbocycles. The fraction of sp³-hybridized carbons (Fsp3) is 0.300. The molecule has 2 heterocycles. The minimum absolute atomic E-state index is 0.0413. The van der Waals surface area contributed by atoms with Gasteiger partial charge in [0.1, 0.15) is 0 Å². The molecule has 0 aliphatic rings. The van der Waals surface area contributed by atoms with Crippen LogP contribution in [0.1, 0.15) is 5.56 Å². The van der Waals surface area contributed by atoms with Gasteiger partial charge in [-0.1, -0.05) is 11.3 Å². The summed E-state index contributed by atoms with van der Waals surface area (Å²) < 4.78 is 33.3. The molecule has 0 aliphatic heterocycles. The predicted octanol–water partition coefficient (Wildman–Crippen LogP) is 0.460. The smallest absolute Gasteiger partial charge is 0.260 e. The first-order valence-electron chi connectivity index (χ1n) is 5.48. The molecule has 0 atom stereocenters. The molecule has 0 fully saturated rings. The Balaban J connectivity index is 2.22. The monoisotopic (exact) mass is 361 g/mol. The van der Waals surface area contributed by atoms with Crippen molar-refractivity contribution in [2.75, 3.05) is 7.11 Å². The number of sulfonamides is 1. The lowest BCUT2D eigenvalue weighted by atomic mass is 10.3. The van der Waals surface area contributed by atoms with Gasteiger partial charge < -0.3 is 4.74 Å². The third kappa shape index (κ3) is 2.97. The Morgan fingerprint density at radius 1 is 1.50 bits per heavy atom. The second kappa shape index (κ2) is 5.85. The average Bonchev–Trinajstić information content (AvgIpc) is 2.77. The van der Waals surface area contributed by atoms with E-state index in [9.17, 15) is 8.42 Å². The van der Waals surface area contributed by atoms with Gasteiger partial charge in [-0.15, -0.1) is 5.10 Å². The highest BCUT2D eigenvalue weighted by Gasteiger charge is 2.23. The van der Waals surface area contributed by atoms with Crippen LogP contribution in [0.4, 0.5) is 0 Å². The van der Waals surface area contributed by atoms with E-state index in [4.69, 9.17) is 4.74 Å². The first kappa shape index (κ1) is 14.9. The van der Waals surface area contributed by atoms with Crippen molar-refractivity contribution < 1.29 is 13.2 Å². The van der Waals surface area contributed by atoms with Gasteiger partial charge in [0.05, 0.1) is 7.11 Å². The number of halogens is 1. The highest BCUT2D eigenvalue weighted by molar-refractivity contribution is 9.10. The molecule has 0 radical (unpaired) electrons. The number of nitrogens with zero attached hydrogens (tertiary/aromatic N) is 4. The van der Waals surface area contributed by atoms with E-state index in [2.05, 4.69) is 35.9 Å². The number of ether oxygens (including phenoxy) is 1. The zero-order valence-corrected chi connectivity index (χ0v) is 13.1. The number of pyridine rings is 1. The van der Waals surface area contributed by atoms with Gasteiger partial charge in [-0.2, -0.15) is 0 Å². The summed E-state index contributed by atoms with van der Waals surface area (Å²) in [6, 6.07) is 3.43. The summed E-state index contributed by atoms with van der Waals surface area (Å²) in [6.07, 6.45) is 1.57. The zero-order valence-electron chi connectivity index (χ0n) is 10.7. The van der Waals surface area contributed by atoms with Gasteiger partial charge in [-0.25, -0.2) is 22.8 Å². The number of aryl methyl sites for hydroxylation is 1. The molecule has 1 N–H and O–H groups in total. The number of methoxy groups -OCH3 is 1. The summed E-state index contributed by atoms with van der Waals surface area (Å²) in [7, 11) is -0.773. The van der Waals surface area contributed by atoms with Crippen LogP contribution in [-0.2, 0) is 23.6 Å². The van der Waals surface area contributed by atoms with Gasteiger partial charge in [0.15, 0.2) is 4.60 Å². The number of hydrogen-bond acceptors (Lipinski definition) is 6. The number of aromatic nitrogens is 4. The van der Waals surface area contributed by atoms with Crippen molar-refractivity contribution in [3.8, 4) is 5.88 Å². The van der Waals surface area contributed by atoms with Crippen LogP contribution in [0.25, 0.3) is 0 Å². The normalized spacial score (nSPS) is 11.6. The van der Waals surface area contributed by atoms with Crippen molar-refractivity contribution in [2.45, 2.75) is 11.6 Å². The second-order valence-electron chi connectivity index (χ2n) is 3.81. The minimum atomic E-state index is -3.74. The van der Waals surface area contributed by atoms with Crippen LogP contribution < -0.4 is 9.46 Å².